The first-order valence-electron chi connectivity index (χ1n) is 7.65. The van der Waals surface area contributed by atoms with Gasteiger partial charge in [-0.15, -0.1) is 0 Å². The molecule has 1 N–H and O–H groups in total. The molecule has 0 bridgehead atoms. The van der Waals surface area contributed by atoms with Gasteiger partial charge >= 0.3 is 0 Å². The van der Waals surface area contributed by atoms with E-state index in [1.807, 2.05) is 54.6 Å². The highest BCUT2D eigenvalue weighted by Crippen LogP contribution is 2.25. The molecule has 0 heterocycles. The normalized spacial score (nSPS) is 11.9. The predicted molar refractivity (Wildman–Crippen MR) is 87.1 cm³/mol. The number of rotatable bonds is 8. The van der Waals surface area contributed by atoms with Crippen LogP contribution in [0.4, 0.5) is 0 Å². The fourth-order valence-corrected chi connectivity index (χ4v) is 2.26. The highest BCUT2D eigenvalue weighted by molar-refractivity contribution is 5.75. The van der Waals surface area contributed by atoms with Crippen LogP contribution < -0.4 is 4.74 Å². The molecule has 0 aliphatic heterocycles. The van der Waals surface area contributed by atoms with Crippen molar-refractivity contribution in [3.8, 4) is 11.5 Å². The van der Waals surface area contributed by atoms with Crippen molar-refractivity contribution >= 4 is 5.78 Å². The number of Topliss-reactive ketones (excluding diaryl/α,β-unsaturated/α-hetero) is 1. The lowest BCUT2D eigenvalue weighted by molar-refractivity contribution is -0.117. The van der Waals surface area contributed by atoms with Gasteiger partial charge in [0.1, 0.15) is 17.3 Å². The summed E-state index contributed by atoms with van der Waals surface area (Å²) < 4.78 is 5.72. The minimum absolute atomic E-state index is 0.205. The van der Waals surface area contributed by atoms with Gasteiger partial charge in [-0.05, 0) is 49.6 Å². The summed E-state index contributed by atoms with van der Waals surface area (Å²) in [5.41, 5.74) is 0.878. The maximum atomic E-state index is 10.9. The molecule has 0 aliphatic rings. The fraction of sp³-hybridized carbons (Fsp3) is 0.316. The highest BCUT2D eigenvalue weighted by atomic mass is 16.5. The van der Waals surface area contributed by atoms with Crippen LogP contribution in [0.2, 0.25) is 0 Å². The minimum atomic E-state index is -0.488. The van der Waals surface area contributed by atoms with E-state index in [1.54, 1.807) is 6.92 Å². The molecule has 0 saturated heterocycles. The zero-order valence-electron chi connectivity index (χ0n) is 12.9. The Morgan fingerprint density at radius 3 is 2.27 bits per heavy atom. The zero-order valence-corrected chi connectivity index (χ0v) is 12.9. The van der Waals surface area contributed by atoms with Gasteiger partial charge in [-0.2, -0.15) is 0 Å². The van der Waals surface area contributed by atoms with Crippen molar-refractivity contribution in [3.63, 3.8) is 0 Å². The fourth-order valence-electron chi connectivity index (χ4n) is 2.26. The molecule has 1 atom stereocenters. The largest absolute Gasteiger partial charge is 0.457 e. The van der Waals surface area contributed by atoms with Crippen LogP contribution in [-0.2, 0) is 4.79 Å². The third-order valence-electron chi connectivity index (χ3n) is 3.50. The number of aliphatic hydroxyl groups is 1. The average molecular weight is 298 g/mol. The number of carbonyl (C=O) groups excluding carboxylic acids is 1. The van der Waals surface area contributed by atoms with E-state index in [4.69, 9.17) is 4.74 Å². The molecule has 1 unspecified atom stereocenters. The summed E-state index contributed by atoms with van der Waals surface area (Å²) in [7, 11) is 0. The van der Waals surface area contributed by atoms with Crippen molar-refractivity contribution in [3.05, 3.63) is 60.2 Å². The van der Waals surface area contributed by atoms with Gasteiger partial charge in [-0.1, -0.05) is 36.8 Å². The summed E-state index contributed by atoms with van der Waals surface area (Å²) in [5, 5.41) is 10.1. The Labute approximate surface area is 131 Å². The number of hydrogen-bond acceptors (Lipinski definition) is 3. The molecule has 0 amide bonds. The van der Waals surface area contributed by atoms with Gasteiger partial charge in [-0.3, -0.25) is 0 Å². The molecule has 0 radical (unpaired) electrons. The van der Waals surface area contributed by atoms with E-state index in [0.29, 0.717) is 12.8 Å². The van der Waals surface area contributed by atoms with Crippen LogP contribution >= 0.6 is 0 Å². The van der Waals surface area contributed by atoms with Gasteiger partial charge in [0, 0.05) is 6.42 Å². The quantitative estimate of drug-likeness (QED) is 0.721. The standard InChI is InChI=1S/C19H22O3/c1-15(20)7-5-6-10-19(21)16-11-13-18(14-12-16)22-17-8-3-2-4-9-17/h2-4,8-9,11-14,19,21H,5-7,10H2,1H3. The van der Waals surface area contributed by atoms with Gasteiger partial charge in [-0.25, -0.2) is 0 Å². The second-order valence-electron chi connectivity index (χ2n) is 5.45. The Hall–Kier alpha value is -2.13. The molecule has 0 fully saturated rings. The molecule has 2 aromatic carbocycles. The second kappa shape index (κ2) is 8.35. The Bertz CT molecular complexity index is 575. The number of aliphatic hydroxyl groups excluding tert-OH is 1. The molecule has 2 aromatic rings. The van der Waals surface area contributed by atoms with Crippen LogP contribution in [0.3, 0.4) is 0 Å². The molecule has 2 rings (SSSR count). The van der Waals surface area contributed by atoms with Crippen molar-refractivity contribution in [1.82, 2.24) is 0 Å². The summed E-state index contributed by atoms with van der Waals surface area (Å²) in [6, 6.07) is 17.1. The number of ketones is 1. The number of benzene rings is 2. The average Bonchev–Trinajstić information content (AvgIpc) is 2.53. The monoisotopic (exact) mass is 298 g/mol. The van der Waals surface area contributed by atoms with E-state index < -0.39 is 6.10 Å². The van der Waals surface area contributed by atoms with E-state index in [2.05, 4.69) is 0 Å². The first-order chi connectivity index (χ1) is 10.6. The van der Waals surface area contributed by atoms with Gasteiger partial charge in [0.25, 0.3) is 0 Å². The lowest BCUT2D eigenvalue weighted by Crippen LogP contribution is -1.98. The van der Waals surface area contributed by atoms with E-state index in [9.17, 15) is 9.90 Å². The van der Waals surface area contributed by atoms with Gasteiger partial charge in [0.2, 0.25) is 0 Å². The van der Waals surface area contributed by atoms with Gasteiger partial charge in [0.05, 0.1) is 6.10 Å². The Kier molecular flexibility index (Phi) is 6.16. The van der Waals surface area contributed by atoms with E-state index in [-0.39, 0.29) is 5.78 Å². The first kappa shape index (κ1) is 16.2. The summed E-state index contributed by atoms with van der Waals surface area (Å²) >= 11 is 0. The van der Waals surface area contributed by atoms with Gasteiger partial charge in [0.15, 0.2) is 0 Å². The number of para-hydroxylation sites is 1. The lowest BCUT2D eigenvalue weighted by Gasteiger charge is -2.12. The van der Waals surface area contributed by atoms with Crippen LogP contribution in [0.5, 0.6) is 11.5 Å². The maximum Gasteiger partial charge on any atom is 0.129 e. The summed E-state index contributed by atoms with van der Waals surface area (Å²) in [6.45, 7) is 1.60. The van der Waals surface area contributed by atoms with E-state index in [0.717, 1.165) is 29.9 Å². The Morgan fingerprint density at radius 2 is 1.64 bits per heavy atom. The topological polar surface area (TPSA) is 46.5 Å². The van der Waals surface area contributed by atoms with Crippen molar-refractivity contribution in [2.45, 2.75) is 38.7 Å². The molecular formula is C19H22O3. The smallest absolute Gasteiger partial charge is 0.129 e. The molecule has 0 aliphatic carbocycles. The van der Waals surface area contributed by atoms with Crippen molar-refractivity contribution in [2.24, 2.45) is 0 Å². The maximum absolute atomic E-state index is 10.9. The van der Waals surface area contributed by atoms with E-state index >= 15 is 0 Å². The summed E-state index contributed by atoms with van der Waals surface area (Å²) in [5.74, 6) is 1.75. The number of unbranched alkanes of at least 4 members (excludes halogenated alkanes) is 1. The molecule has 3 nitrogen and oxygen atoms in total. The lowest BCUT2D eigenvalue weighted by atomic mass is 10.0. The number of ether oxygens (including phenoxy) is 1. The molecule has 0 spiro atoms. The zero-order chi connectivity index (χ0) is 15.8. The number of hydrogen-bond donors (Lipinski definition) is 1. The van der Waals surface area contributed by atoms with Crippen molar-refractivity contribution in [2.75, 3.05) is 0 Å². The second-order valence-corrected chi connectivity index (χ2v) is 5.45. The summed E-state index contributed by atoms with van der Waals surface area (Å²) in [6.07, 6.45) is 2.46. The predicted octanol–water partition coefficient (Wildman–Crippen LogP) is 4.66. The molecule has 22 heavy (non-hydrogen) atoms. The Morgan fingerprint density at radius 1 is 1.00 bits per heavy atom. The van der Waals surface area contributed by atoms with Crippen molar-refractivity contribution < 1.29 is 14.6 Å². The molecule has 116 valence electrons. The third-order valence-corrected chi connectivity index (χ3v) is 3.50. The van der Waals surface area contributed by atoms with E-state index in [1.165, 1.54) is 0 Å². The molecule has 3 heteroatoms. The highest BCUT2D eigenvalue weighted by Gasteiger charge is 2.08. The third kappa shape index (κ3) is 5.34. The Balaban J connectivity index is 1.84. The van der Waals surface area contributed by atoms with Gasteiger partial charge < -0.3 is 14.6 Å². The van der Waals surface area contributed by atoms with Crippen LogP contribution in [0.1, 0.15) is 44.3 Å². The SMILES string of the molecule is CC(=O)CCCCC(O)c1ccc(Oc2ccccc2)cc1. The van der Waals surface area contributed by atoms with Crippen LogP contribution in [-0.4, -0.2) is 10.9 Å². The molecule has 0 aromatic heterocycles. The van der Waals surface area contributed by atoms with Crippen molar-refractivity contribution in [1.29, 1.82) is 0 Å². The van der Waals surface area contributed by atoms with Crippen LogP contribution in [0.15, 0.2) is 54.6 Å². The molecule has 0 saturated carbocycles. The summed E-state index contributed by atoms with van der Waals surface area (Å²) in [4.78, 5) is 10.9. The minimum Gasteiger partial charge on any atom is -0.457 e. The first-order valence-corrected chi connectivity index (χ1v) is 7.65. The van der Waals surface area contributed by atoms with Crippen LogP contribution in [0, 0.1) is 0 Å². The van der Waals surface area contributed by atoms with Crippen LogP contribution in [0.25, 0.3) is 0 Å². The molecular weight excluding hydrogens is 276 g/mol. The number of carbonyl (C=O) groups is 1.